The van der Waals surface area contributed by atoms with Gasteiger partial charge in [-0.3, -0.25) is 9.59 Å². The lowest BCUT2D eigenvalue weighted by Gasteiger charge is -2.00. The van der Waals surface area contributed by atoms with Crippen molar-refractivity contribution < 1.29 is 9.21 Å². The zero-order chi connectivity index (χ0) is 14.7. The molecule has 0 saturated carbocycles. The summed E-state index contributed by atoms with van der Waals surface area (Å²) in [5, 5.41) is 2.80. The Balaban J connectivity index is 1.70. The van der Waals surface area contributed by atoms with Gasteiger partial charge in [-0.05, 0) is 30.3 Å². The lowest BCUT2D eigenvalue weighted by atomic mass is 10.2. The van der Waals surface area contributed by atoms with E-state index in [9.17, 15) is 9.59 Å². The van der Waals surface area contributed by atoms with Crippen molar-refractivity contribution in [1.82, 2.24) is 10.3 Å². The molecule has 0 aliphatic rings. The van der Waals surface area contributed by atoms with Gasteiger partial charge in [0.05, 0.1) is 17.7 Å². The molecule has 0 bridgehead atoms. The van der Waals surface area contributed by atoms with Crippen LogP contribution in [0.15, 0.2) is 58.1 Å². The fourth-order valence-electron chi connectivity index (χ4n) is 1.85. The van der Waals surface area contributed by atoms with Gasteiger partial charge < -0.3 is 14.7 Å². The first-order valence-corrected chi connectivity index (χ1v) is 7.13. The van der Waals surface area contributed by atoms with Gasteiger partial charge in [0.2, 0.25) is 5.56 Å². The van der Waals surface area contributed by atoms with Gasteiger partial charge in [0.25, 0.3) is 5.91 Å². The normalized spacial score (nSPS) is 10.5. The number of aromatic nitrogens is 1. The van der Waals surface area contributed by atoms with Crippen LogP contribution in [0.3, 0.4) is 0 Å². The molecule has 0 spiro atoms. The van der Waals surface area contributed by atoms with Crippen molar-refractivity contribution in [2.75, 3.05) is 0 Å². The van der Waals surface area contributed by atoms with E-state index in [0.717, 1.165) is 10.4 Å². The number of nitrogens with one attached hydrogen (secondary N) is 2. The van der Waals surface area contributed by atoms with Crippen molar-refractivity contribution in [2.24, 2.45) is 0 Å². The minimum absolute atomic E-state index is 0.146. The van der Waals surface area contributed by atoms with Gasteiger partial charge in [0, 0.05) is 22.7 Å². The van der Waals surface area contributed by atoms with Gasteiger partial charge in [0.1, 0.15) is 5.76 Å². The van der Waals surface area contributed by atoms with Gasteiger partial charge in [0.15, 0.2) is 0 Å². The number of hydrogen-bond acceptors (Lipinski definition) is 4. The number of carbonyl (C=O) groups is 1. The molecule has 21 heavy (non-hydrogen) atoms. The summed E-state index contributed by atoms with van der Waals surface area (Å²) in [5.41, 5.74) is 0.733. The minimum Gasteiger partial charge on any atom is -0.467 e. The van der Waals surface area contributed by atoms with E-state index in [1.54, 1.807) is 36.7 Å². The van der Waals surface area contributed by atoms with Gasteiger partial charge in [-0.2, -0.15) is 0 Å². The number of amides is 1. The molecule has 0 aliphatic heterocycles. The van der Waals surface area contributed by atoms with Crippen molar-refractivity contribution in [3.63, 3.8) is 0 Å². The van der Waals surface area contributed by atoms with E-state index in [4.69, 9.17) is 4.42 Å². The first-order valence-electron chi connectivity index (χ1n) is 6.32. The molecule has 106 valence electrons. The molecule has 3 rings (SSSR count). The zero-order valence-electron chi connectivity index (χ0n) is 11.0. The quantitative estimate of drug-likeness (QED) is 0.777. The van der Waals surface area contributed by atoms with Crippen molar-refractivity contribution in [3.8, 4) is 10.4 Å². The highest BCUT2D eigenvalue weighted by molar-refractivity contribution is 7.17. The standard InChI is InChI=1S/C15H12N2O3S/c18-14-6-3-10(8-16-14)12-4-5-13(21-12)15(19)17-9-11-2-1-7-20-11/h1-8H,9H2,(H,16,18)(H,17,19). The number of pyridine rings is 1. The van der Waals surface area contributed by atoms with Crippen LogP contribution in [0.5, 0.6) is 0 Å². The molecule has 3 aromatic heterocycles. The minimum atomic E-state index is -0.147. The fraction of sp³-hybridized carbons (Fsp3) is 0.0667. The van der Waals surface area contributed by atoms with Crippen LogP contribution in [0.2, 0.25) is 0 Å². The van der Waals surface area contributed by atoms with Crippen molar-refractivity contribution in [3.05, 3.63) is 69.8 Å². The maximum Gasteiger partial charge on any atom is 0.261 e. The molecule has 0 saturated heterocycles. The smallest absolute Gasteiger partial charge is 0.261 e. The molecule has 0 fully saturated rings. The average molecular weight is 300 g/mol. The second-order valence-corrected chi connectivity index (χ2v) is 5.45. The Kier molecular flexibility index (Phi) is 3.70. The third-order valence-corrected chi connectivity index (χ3v) is 4.03. The van der Waals surface area contributed by atoms with Crippen molar-refractivity contribution in [2.45, 2.75) is 6.54 Å². The summed E-state index contributed by atoms with van der Waals surface area (Å²) in [6, 6.07) is 10.4. The Bertz CT molecular complexity index is 782. The third-order valence-electron chi connectivity index (χ3n) is 2.90. The Morgan fingerprint density at radius 2 is 2.14 bits per heavy atom. The molecule has 3 heterocycles. The summed E-state index contributed by atoms with van der Waals surface area (Å²) in [4.78, 5) is 27.2. The maximum absolute atomic E-state index is 12.0. The largest absolute Gasteiger partial charge is 0.467 e. The number of carbonyl (C=O) groups excluding carboxylic acids is 1. The molecule has 1 amide bonds. The van der Waals surface area contributed by atoms with E-state index in [1.165, 1.54) is 17.4 Å². The summed E-state index contributed by atoms with van der Waals surface area (Å²) in [5.74, 6) is 0.563. The van der Waals surface area contributed by atoms with E-state index in [-0.39, 0.29) is 11.5 Å². The van der Waals surface area contributed by atoms with Crippen LogP contribution in [-0.4, -0.2) is 10.9 Å². The van der Waals surface area contributed by atoms with Crippen LogP contribution in [0.4, 0.5) is 0 Å². The molecule has 0 aliphatic carbocycles. The summed E-state index contributed by atoms with van der Waals surface area (Å²) in [6.45, 7) is 0.359. The number of H-pyrrole nitrogens is 1. The van der Waals surface area contributed by atoms with Crippen LogP contribution < -0.4 is 10.9 Å². The number of furan rings is 1. The van der Waals surface area contributed by atoms with Crippen LogP contribution >= 0.6 is 11.3 Å². The fourth-order valence-corrected chi connectivity index (χ4v) is 2.77. The van der Waals surface area contributed by atoms with E-state index in [0.29, 0.717) is 17.2 Å². The summed E-state index contributed by atoms with van der Waals surface area (Å²) in [7, 11) is 0. The van der Waals surface area contributed by atoms with Gasteiger partial charge in [-0.25, -0.2) is 0 Å². The zero-order valence-corrected chi connectivity index (χ0v) is 11.8. The monoisotopic (exact) mass is 300 g/mol. The highest BCUT2D eigenvalue weighted by Gasteiger charge is 2.10. The molecule has 0 atom stereocenters. The molecule has 6 heteroatoms. The highest BCUT2D eigenvalue weighted by atomic mass is 32.1. The van der Waals surface area contributed by atoms with Crippen LogP contribution in [-0.2, 0) is 6.54 Å². The molecular weight excluding hydrogens is 288 g/mol. The SMILES string of the molecule is O=C(NCc1ccco1)c1ccc(-c2ccc(=O)[nH]c2)s1. The lowest BCUT2D eigenvalue weighted by molar-refractivity contribution is 0.0952. The lowest BCUT2D eigenvalue weighted by Crippen LogP contribution is -2.21. The summed E-state index contributed by atoms with van der Waals surface area (Å²) in [6.07, 6.45) is 3.21. The number of rotatable bonds is 4. The van der Waals surface area contributed by atoms with Gasteiger partial charge in [-0.1, -0.05) is 0 Å². The Labute approximate surface area is 124 Å². The van der Waals surface area contributed by atoms with E-state index in [2.05, 4.69) is 10.3 Å². The van der Waals surface area contributed by atoms with E-state index in [1.807, 2.05) is 6.07 Å². The molecule has 5 nitrogen and oxygen atoms in total. The highest BCUT2D eigenvalue weighted by Crippen LogP contribution is 2.26. The molecule has 0 aromatic carbocycles. The summed E-state index contributed by atoms with van der Waals surface area (Å²) >= 11 is 1.37. The van der Waals surface area contributed by atoms with Gasteiger partial charge >= 0.3 is 0 Å². The molecule has 3 aromatic rings. The van der Waals surface area contributed by atoms with Crippen LogP contribution in [0.1, 0.15) is 15.4 Å². The predicted octanol–water partition coefficient (Wildman–Crippen LogP) is 2.63. The van der Waals surface area contributed by atoms with Crippen molar-refractivity contribution in [1.29, 1.82) is 0 Å². The Morgan fingerprint density at radius 3 is 2.86 bits per heavy atom. The number of aromatic amines is 1. The second kappa shape index (κ2) is 5.80. The molecule has 0 radical (unpaired) electrons. The van der Waals surface area contributed by atoms with Crippen LogP contribution in [0, 0.1) is 0 Å². The predicted molar refractivity (Wildman–Crippen MR) is 80.3 cm³/mol. The first kappa shape index (κ1) is 13.4. The first-order chi connectivity index (χ1) is 10.2. The van der Waals surface area contributed by atoms with E-state index < -0.39 is 0 Å². The topological polar surface area (TPSA) is 75.1 Å². The molecule has 2 N–H and O–H groups in total. The number of thiophene rings is 1. The molecule has 0 unspecified atom stereocenters. The Hall–Kier alpha value is -2.60. The van der Waals surface area contributed by atoms with Crippen molar-refractivity contribution >= 4 is 17.2 Å². The third kappa shape index (κ3) is 3.11. The van der Waals surface area contributed by atoms with Gasteiger partial charge in [-0.15, -0.1) is 11.3 Å². The average Bonchev–Trinajstić information content (AvgIpc) is 3.17. The van der Waals surface area contributed by atoms with E-state index >= 15 is 0 Å². The Morgan fingerprint density at radius 1 is 1.24 bits per heavy atom. The number of hydrogen-bond donors (Lipinski definition) is 2. The van der Waals surface area contributed by atoms with Crippen LogP contribution in [0.25, 0.3) is 10.4 Å². The second-order valence-electron chi connectivity index (χ2n) is 4.37. The molecular formula is C15H12N2O3S. The summed E-state index contributed by atoms with van der Waals surface area (Å²) < 4.78 is 5.16. The maximum atomic E-state index is 12.0.